The largest absolute Gasteiger partial charge is 0.494 e. The van der Waals surface area contributed by atoms with Gasteiger partial charge in [-0.05, 0) is 12.1 Å². The molecular formula is C17H14FN3O2. The number of rotatable bonds is 4. The first-order chi connectivity index (χ1) is 11.2. The molecule has 5 nitrogen and oxygen atoms in total. The van der Waals surface area contributed by atoms with Gasteiger partial charge < -0.3 is 10.1 Å². The van der Waals surface area contributed by atoms with Crippen LogP contribution in [0, 0.1) is 5.82 Å². The van der Waals surface area contributed by atoms with E-state index in [-0.39, 0.29) is 17.3 Å². The minimum atomic E-state index is -0.501. The zero-order valence-corrected chi connectivity index (χ0v) is 12.3. The lowest BCUT2D eigenvalue weighted by Crippen LogP contribution is -2.10. The predicted molar refractivity (Wildman–Crippen MR) is 86.5 cm³/mol. The number of benzene rings is 2. The van der Waals surface area contributed by atoms with E-state index in [0.29, 0.717) is 11.4 Å². The maximum atomic E-state index is 13.7. The van der Waals surface area contributed by atoms with Gasteiger partial charge in [-0.25, -0.2) is 9.37 Å². The number of ether oxygens (including phenoxy) is 1. The van der Waals surface area contributed by atoms with Crippen molar-refractivity contribution in [1.82, 2.24) is 9.97 Å². The highest BCUT2D eigenvalue weighted by atomic mass is 19.1. The van der Waals surface area contributed by atoms with Crippen molar-refractivity contribution < 1.29 is 9.13 Å². The third-order valence-electron chi connectivity index (χ3n) is 3.23. The molecule has 0 saturated heterocycles. The second-order valence-electron chi connectivity index (χ2n) is 4.82. The van der Waals surface area contributed by atoms with Crippen LogP contribution in [0.25, 0.3) is 11.3 Å². The standard InChI is InChI=1S/C17H14FN3O2/c1-23-15-8-7-12(9-13(15)18)19-17-20-14(10-16(22)21-17)11-5-3-2-4-6-11/h2-10H,1H3,(H2,19,20,21,22). The van der Waals surface area contributed by atoms with Crippen LogP contribution in [0.5, 0.6) is 5.75 Å². The van der Waals surface area contributed by atoms with E-state index in [0.717, 1.165) is 5.56 Å². The Morgan fingerprint density at radius 2 is 1.91 bits per heavy atom. The van der Waals surface area contributed by atoms with E-state index in [9.17, 15) is 9.18 Å². The third-order valence-corrected chi connectivity index (χ3v) is 3.23. The van der Waals surface area contributed by atoms with E-state index in [1.54, 1.807) is 6.07 Å². The van der Waals surface area contributed by atoms with E-state index < -0.39 is 5.82 Å². The molecule has 0 bridgehead atoms. The number of nitrogens with zero attached hydrogens (tertiary/aromatic N) is 1. The number of halogens is 1. The monoisotopic (exact) mass is 311 g/mol. The first-order valence-electron chi connectivity index (χ1n) is 6.93. The van der Waals surface area contributed by atoms with Gasteiger partial charge in [0.1, 0.15) is 0 Å². The Labute approximate surface area is 131 Å². The molecule has 0 unspecified atom stereocenters. The lowest BCUT2D eigenvalue weighted by atomic mass is 10.1. The summed E-state index contributed by atoms with van der Waals surface area (Å²) in [5, 5.41) is 2.88. The Morgan fingerprint density at radius 3 is 2.61 bits per heavy atom. The van der Waals surface area contributed by atoms with Crippen molar-refractivity contribution >= 4 is 11.6 Å². The highest BCUT2D eigenvalue weighted by molar-refractivity contribution is 5.62. The van der Waals surface area contributed by atoms with E-state index in [1.807, 2.05) is 30.3 Å². The van der Waals surface area contributed by atoms with Gasteiger partial charge in [0.2, 0.25) is 5.95 Å². The maximum absolute atomic E-state index is 13.7. The quantitative estimate of drug-likeness (QED) is 0.775. The summed E-state index contributed by atoms with van der Waals surface area (Å²) in [6, 6.07) is 15.2. The summed E-state index contributed by atoms with van der Waals surface area (Å²) in [4.78, 5) is 18.7. The number of methoxy groups -OCH3 is 1. The molecule has 0 aliphatic heterocycles. The Bertz CT molecular complexity index is 879. The molecule has 23 heavy (non-hydrogen) atoms. The molecule has 3 rings (SSSR count). The van der Waals surface area contributed by atoms with Gasteiger partial charge in [-0.1, -0.05) is 30.3 Å². The Hall–Kier alpha value is -3.15. The van der Waals surface area contributed by atoms with E-state index in [4.69, 9.17) is 4.74 Å². The number of nitrogens with one attached hydrogen (secondary N) is 2. The molecule has 0 aliphatic carbocycles. The van der Waals surface area contributed by atoms with Crippen LogP contribution >= 0.6 is 0 Å². The van der Waals surface area contributed by atoms with Gasteiger partial charge in [0.05, 0.1) is 12.8 Å². The topological polar surface area (TPSA) is 67.0 Å². The van der Waals surface area contributed by atoms with Gasteiger partial charge in [0, 0.05) is 23.4 Å². The van der Waals surface area contributed by atoms with Crippen molar-refractivity contribution in [3.63, 3.8) is 0 Å². The molecule has 2 N–H and O–H groups in total. The summed E-state index contributed by atoms with van der Waals surface area (Å²) in [7, 11) is 1.40. The molecule has 0 spiro atoms. The van der Waals surface area contributed by atoms with Crippen molar-refractivity contribution in [2.45, 2.75) is 0 Å². The highest BCUT2D eigenvalue weighted by Crippen LogP contribution is 2.23. The lowest BCUT2D eigenvalue weighted by molar-refractivity contribution is 0.386. The lowest BCUT2D eigenvalue weighted by Gasteiger charge is -2.09. The second-order valence-corrected chi connectivity index (χ2v) is 4.82. The highest BCUT2D eigenvalue weighted by Gasteiger charge is 2.07. The van der Waals surface area contributed by atoms with Crippen molar-refractivity contribution in [2.24, 2.45) is 0 Å². The van der Waals surface area contributed by atoms with Gasteiger partial charge in [-0.3, -0.25) is 9.78 Å². The average molecular weight is 311 g/mol. The third kappa shape index (κ3) is 3.37. The van der Waals surface area contributed by atoms with Gasteiger partial charge in [-0.2, -0.15) is 0 Å². The molecule has 2 aromatic carbocycles. The van der Waals surface area contributed by atoms with Crippen molar-refractivity contribution in [2.75, 3.05) is 12.4 Å². The number of aromatic amines is 1. The second kappa shape index (κ2) is 6.31. The molecule has 0 amide bonds. The molecule has 0 atom stereocenters. The molecule has 3 aromatic rings. The summed E-state index contributed by atoms with van der Waals surface area (Å²) in [6.45, 7) is 0. The molecule has 1 aromatic heterocycles. The number of anilines is 2. The predicted octanol–water partition coefficient (Wildman–Crippen LogP) is 3.33. The Balaban J connectivity index is 1.93. The summed E-state index contributed by atoms with van der Waals surface area (Å²) in [5.74, 6) is -0.116. The van der Waals surface area contributed by atoms with Gasteiger partial charge >= 0.3 is 0 Å². The fourth-order valence-electron chi connectivity index (χ4n) is 2.15. The zero-order valence-electron chi connectivity index (χ0n) is 12.3. The van der Waals surface area contributed by atoms with Crippen LogP contribution < -0.4 is 15.6 Å². The first-order valence-corrected chi connectivity index (χ1v) is 6.93. The fourth-order valence-corrected chi connectivity index (χ4v) is 2.15. The summed E-state index contributed by atoms with van der Waals surface area (Å²) in [5.41, 5.74) is 1.51. The molecule has 116 valence electrons. The first kappa shape index (κ1) is 14.8. The van der Waals surface area contributed by atoms with Gasteiger partial charge in [0.25, 0.3) is 5.56 Å². The molecule has 1 heterocycles. The van der Waals surface area contributed by atoms with Crippen molar-refractivity contribution in [1.29, 1.82) is 0 Å². The molecule has 0 fully saturated rings. The molecule has 6 heteroatoms. The smallest absolute Gasteiger partial charge is 0.252 e. The van der Waals surface area contributed by atoms with Crippen molar-refractivity contribution in [3.8, 4) is 17.0 Å². The van der Waals surface area contributed by atoms with Gasteiger partial charge in [0.15, 0.2) is 11.6 Å². The minimum Gasteiger partial charge on any atom is -0.494 e. The molecule has 0 aliphatic rings. The minimum absolute atomic E-state index is 0.148. The maximum Gasteiger partial charge on any atom is 0.252 e. The summed E-state index contributed by atoms with van der Waals surface area (Å²) >= 11 is 0. The van der Waals surface area contributed by atoms with Crippen LogP contribution in [0.4, 0.5) is 16.0 Å². The van der Waals surface area contributed by atoms with Crippen LogP contribution in [-0.4, -0.2) is 17.1 Å². The van der Waals surface area contributed by atoms with E-state index in [2.05, 4.69) is 15.3 Å². The molecular weight excluding hydrogens is 297 g/mol. The normalized spacial score (nSPS) is 10.3. The van der Waals surface area contributed by atoms with E-state index >= 15 is 0 Å². The summed E-state index contributed by atoms with van der Waals surface area (Å²) in [6.07, 6.45) is 0. The van der Waals surface area contributed by atoms with Crippen molar-refractivity contribution in [3.05, 3.63) is 70.8 Å². The number of hydrogen-bond donors (Lipinski definition) is 2. The Morgan fingerprint density at radius 1 is 1.13 bits per heavy atom. The number of H-pyrrole nitrogens is 1. The van der Waals surface area contributed by atoms with Crippen LogP contribution in [0.15, 0.2) is 59.4 Å². The Kier molecular flexibility index (Phi) is 4.05. The molecule has 0 radical (unpaired) electrons. The van der Waals surface area contributed by atoms with Crippen LogP contribution in [0.1, 0.15) is 0 Å². The van der Waals surface area contributed by atoms with Crippen LogP contribution in [0.2, 0.25) is 0 Å². The van der Waals surface area contributed by atoms with E-state index in [1.165, 1.54) is 25.3 Å². The van der Waals surface area contributed by atoms with Crippen LogP contribution in [0.3, 0.4) is 0 Å². The average Bonchev–Trinajstić information content (AvgIpc) is 2.55. The summed E-state index contributed by atoms with van der Waals surface area (Å²) < 4.78 is 18.6. The fraction of sp³-hybridized carbons (Fsp3) is 0.0588. The van der Waals surface area contributed by atoms with Gasteiger partial charge in [-0.15, -0.1) is 0 Å². The number of aromatic nitrogens is 2. The molecule has 0 saturated carbocycles. The number of hydrogen-bond acceptors (Lipinski definition) is 4. The van der Waals surface area contributed by atoms with Crippen LogP contribution in [-0.2, 0) is 0 Å². The SMILES string of the molecule is COc1ccc(Nc2nc(-c3ccccc3)cc(=O)[nH]2)cc1F. The zero-order chi connectivity index (χ0) is 16.2.